The fraction of sp³-hybridized carbons (Fsp3) is 0.364. The molecule has 0 aromatic heterocycles. The highest BCUT2D eigenvalue weighted by molar-refractivity contribution is 5.81. The quantitative estimate of drug-likeness (QED) is 0.728. The molecule has 0 aliphatic carbocycles. The summed E-state index contributed by atoms with van der Waals surface area (Å²) in [6.45, 7) is 1.45. The maximum Gasteiger partial charge on any atom is 0.316 e. The Labute approximate surface area is 93.7 Å². The summed E-state index contributed by atoms with van der Waals surface area (Å²) in [5, 5.41) is 9.20. The Bertz CT molecular complexity index is 380. The highest BCUT2D eigenvalue weighted by atomic mass is 16.6. The van der Waals surface area contributed by atoms with Gasteiger partial charge in [0.05, 0.1) is 13.7 Å². The van der Waals surface area contributed by atoms with Crippen molar-refractivity contribution in [2.75, 3.05) is 13.7 Å². The molecule has 3 N–H and O–H groups in total. The van der Waals surface area contributed by atoms with Crippen molar-refractivity contribution in [2.24, 2.45) is 5.90 Å². The smallest absolute Gasteiger partial charge is 0.316 e. The fourth-order valence-electron chi connectivity index (χ4n) is 1.40. The number of hydrogen-bond acceptors (Lipinski definition) is 4. The number of methoxy groups -OCH3 is 1. The summed E-state index contributed by atoms with van der Waals surface area (Å²) in [5.41, 5.74) is -0.590. The Morgan fingerprint density at radius 3 is 2.75 bits per heavy atom. The highest BCUT2D eigenvalue weighted by Crippen LogP contribution is 2.27. The zero-order valence-corrected chi connectivity index (χ0v) is 9.27. The van der Waals surface area contributed by atoms with E-state index in [1.54, 1.807) is 31.2 Å². The van der Waals surface area contributed by atoms with E-state index in [2.05, 4.69) is 4.84 Å². The zero-order valence-electron chi connectivity index (χ0n) is 9.27. The molecule has 1 rings (SSSR count). The molecule has 0 heterocycles. The average molecular weight is 225 g/mol. The van der Waals surface area contributed by atoms with Crippen molar-refractivity contribution >= 4 is 5.97 Å². The van der Waals surface area contributed by atoms with Crippen LogP contribution in [-0.2, 0) is 15.0 Å². The molecule has 88 valence electrons. The predicted molar refractivity (Wildman–Crippen MR) is 58.1 cm³/mol. The van der Waals surface area contributed by atoms with Crippen molar-refractivity contribution in [3.05, 3.63) is 29.8 Å². The van der Waals surface area contributed by atoms with Crippen LogP contribution < -0.4 is 10.6 Å². The molecular formula is C11H15NO4. The largest absolute Gasteiger partial charge is 0.497 e. The lowest BCUT2D eigenvalue weighted by molar-refractivity contribution is -0.145. The number of carbonyl (C=O) groups is 1. The minimum atomic E-state index is -1.18. The minimum Gasteiger partial charge on any atom is -0.497 e. The minimum absolute atomic E-state index is 0.102. The van der Waals surface area contributed by atoms with Crippen molar-refractivity contribution < 1.29 is 19.5 Å². The first-order valence-electron chi connectivity index (χ1n) is 4.74. The number of ether oxygens (including phenoxy) is 1. The van der Waals surface area contributed by atoms with Crippen LogP contribution in [0.2, 0.25) is 0 Å². The molecule has 0 fully saturated rings. The van der Waals surface area contributed by atoms with Crippen LogP contribution in [0.4, 0.5) is 0 Å². The number of nitrogens with two attached hydrogens (primary N) is 1. The predicted octanol–water partition coefficient (Wildman–Crippen LogP) is 0.928. The third-order valence-electron chi connectivity index (χ3n) is 2.55. The molecule has 0 aliphatic heterocycles. The van der Waals surface area contributed by atoms with Crippen LogP contribution in [0.5, 0.6) is 5.75 Å². The summed E-state index contributed by atoms with van der Waals surface area (Å²) in [4.78, 5) is 15.7. The first-order valence-corrected chi connectivity index (χ1v) is 4.74. The Hall–Kier alpha value is -1.59. The third-order valence-corrected chi connectivity index (χ3v) is 2.55. The van der Waals surface area contributed by atoms with Gasteiger partial charge in [-0.05, 0) is 24.6 Å². The van der Waals surface area contributed by atoms with E-state index in [0.717, 1.165) is 0 Å². The Morgan fingerprint density at radius 1 is 1.56 bits per heavy atom. The number of carboxylic acids is 1. The van der Waals surface area contributed by atoms with Gasteiger partial charge in [0.2, 0.25) is 0 Å². The molecule has 1 unspecified atom stereocenters. The van der Waals surface area contributed by atoms with Gasteiger partial charge in [0.25, 0.3) is 0 Å². The summed E-state index contributed by atoms with van der Waals surface area (Å²) >= 11 is 0. The van der Waals surface area contributed by atoms with Crippen molar-refractivity contribution in [1.82, 2.24) is 0 Å². The summed E-state index contributed by atoms with van der Waals surface area (Å²) < 4.78 is 5.04. The van der Waals surface area contributed by atoms with Gasteiger partial charge in [0.15, 0.2) is 0 Å². The molecule has 0 radical (unpaired) electrons. The van der Waals surface area contributed by atoms with E-state index in [4.69, 9.17) is 10.6 Å². The molecule has 0 saturated heterocycles. The van der Waals surface area contributed by atoms with Crippen LogP contribution in [0.1, 0.15) is 12.5 Å². The molecule has 5 heteroatoms. The summed E-state index contributed by atoms with van der Waals surface area (Å²) in [6.07, 6.45) is 0. The normalized spacial score (nSPS) is 14.2. The number of carboxylic acid groups (broad SMARTS) is 1. The monoisotopic (exact) mass is 225 g/mol. The van der Waals surface area contributed by atoms with E-state index >= 15 is 0 Å². The Morgan fingerprint density at radius 2 is 2.25 bits per heavy atom. The van der Waals surface area contributed by atoms with E-state index < -0.39 is 11.4 Å². The summed E-state index contributed by atoms with van der Waals surface area (Å²) in [6, 6.07) is 6.84. The Kier molecular flexibility index (Phi) is 3.87. The van der Waals surface area contributed by atoms with Gasteiger partial charge in [0.1, 0.15) is 11.2 Å². The molecule has 16 heavy (non-hydrogen) atoms. The second-order valence-corrected chi connectivity index (χ2v) is 3.68. The number of benzene rings is 1. The number of aliphatic carboxylic acids is 1. The molecule has 0 bridgehead atoms. The van der Waals surface area contributed by atoms with Gasteiger partial charge < -0.3 is 14.7 Å². The second kappa shape index (κ2) is 4.96. The fourth-order valence-corrected chi connectivity index (χ4v) is 1.40. The van der Waals surface area contributed by atoms with Crippen molar-refractivity contribution in [3.63, 3.8) is 0 Å². The lowest BCUT2D eigenvalue weighted by Crippen LogP contribution is -2.38. The second-order valence-electron chi connectivity index (χ2n) is 3.68. The highest BCUT2D eigenvalue weighted by Gasteiger charge is 2.35. The van der Waals surface area contributed by atoms with Gasteiger partial charge in [0, 0.05) is 0 Å². The topological polar surface area (TPSA) is 81.8 Å². The maximum absolute atomic E-state index is 11.2. The first kappa shape index (κ1) is 12.5. The molecule has 0 saturated carbocycles. The van der Waals surface area contributed by atoms with Gasteiger partial charge >= 0.3 is 5.97 Å². The first-order chi connectivity index (χ1) is 7.54. The number of hydrogen-bond donors (Lipinski definition) is 2. The number of rotatable bonds is 5. The standard InChI is InChI=1S/C11H15NO4/c1-11(7-16-12,10(13)14)8-4-3-5-9(6-8)15-2/h3-6H,7,12H2,1-2H3,(H,13,14). The van der Waals surface area contributed by atoms with Gasteiger partial charge in [-0.3, -0.25) is 4.79 Å². The molecule has 1 atom stereocenters. The van der Waals surface area contributed by atoms with Crippen LogP contribution in [0.15, 0.2) is 24.3 Å². The molecule has 1 aromatic rings. The van der Waals surface area contributed by atoms with Crippen LogP contribution in [-0.4, -0.2) is 24.8 Å². The maximum atomic E-state index is 11.2. The van der Waals surface area contributed by atoms with Crippen molar-refractivity contribution in [3.8, 4) is 5.75 Å². The lowest BCUT2D eigenvalue weighted by Gasteiger charge is -2.24. The van der Waals surface area contributed by atoms with Gasteiger partial charge in [-0.1, -0.05) is 12.1 Å². The van der Waals surface area contributed by atoms with Gasteiger partial charge in [-0.2, -0.15) is 0 Å². The zero-order chi connectivity index (χ0) is 12.2. The van der Waals surface area contributed by atoms with E-state index in [-0.39, 0.29) is 6.61 Å². The molecule has 5 nitrogen and oxygen atoms in total. The van der Waals surface area contributed by atoms with E-state index in [9.17, 15) is 9.90 Å². The van der Waals surface area contributed by atoms with Crippen molar-refractivity contribution in [1.29, 1.82) is 0 Å². The molecule has 0 amide bonds. The van der Waals surface area contributed by atoms with Crippen LogP contribution in [0.25, 0.3) is 0 Å². The summed E-state index contributed by atoms with van der Waals surface area (Å²) in [7, 11) is 1.52. The van der Waals surface area contributed by atoms with E-state index in [0.29, 0.717) is 11.3 Å². The molecular weight excluding hydrogens is 210 g/mol. The van der Waals surface area contributed by atoms with Crippen LogP contribution in [0.3, 0.4) is 0 Å². The van der Waals surface area contributed by atoms with Crippen LogP contribution in [0, 0.1) is 0 Å². The van der Waals surface area contributed by atoms with Crippen molar-refractivity contribution in [2.45, 2.75) is 12.3 Å². The molecule has 0 spiro atoms. The SMILES string of the molecule is COc1cccc(C(C)(CON)C(=O)O)c1. The summed E-state index contributed by atoms with van der Waals surface area (Å²) in [5.74, 6) is 4.57. The average Bonchev–Trinajstić information content (AvgIpc) is 2.29. The lowest BCUT2D eigenvalue weighted by atomic mass is 9.83. The van der Waals surface area contributed by atoms with Gasteiger partial charge in [-0.15, -0.1) is 0 Å². The van der Waals surface area contributed by atoms with E-state index in [1.165, 1.54) is 7.11 Å². The Balaban J connectivity index is 3.15. The van der Waals surface area contributed by atoms with Gasteiger partial charge in [-0.25, -0.2) is 5.90 Å². The third kappa shape index (κ3) is 2.32. The van der Waals surface area contributed by atoms with Crippen LogP contribution >= 0.6 is 0 Å². The molecule has 0 aliphatic rings. The molecule has 1 aromatic carbocycles. The van der Waals surface area contributed by atoms with E-state index in [1.807, 2.05) is 0 Å².